The Morgan fingerprint density at radius 1 is 1.47 bits per heavy atom. The highest BCUT2D eigenvalue weighted by Crippen LogP contribution is 2.13. The van der Waals surface area contributed by atoms with Crippen molar-refractivity contribution in [1.29, 1.82) is 0 Å². The minimum absolute atomic E-state index is 0.359. The lowest BCUT2D eigenvalue weighted by Crippen LogP contribution is -2.49. The van der Waals surface area contributed by atoms with Crippen LogP contribution in [0.25, 0.3) is 0 Å². The van der Waals surface area contributed by atoms with E-state index in [9.17, 15) is 0 Å². The van der Waals surface area contributed by atoms with Crippen molar-refractivity contribution >= 4 is 12.6 Å². The minimum atomic E-state index is 0.359. The highest BCUT2D eigenvalue weighted by Gasteiger charge is 2.24. The highest BCUT2D eigenvalue weighted by molar-refractivity contribution is 7.80. The topological polar surface area (TPSA) is 21.7 Å². The molecule has 0 aromatic carbocycles. The highest BCUT2D eigenvalue weighted by atomic mass is 32.1. The number of thiol groups is 1. The molecule has 3 nitrogen and oxygen atoms in total. The molecule has 0 aromatic rings. The molecule has 0 aromatic heterocycles. The number of hydrogen-bond acceptors (Lipinski definition) is 4. The predicted molar refractivity (Wildman–Crippen MR) is 65.7 cm³/mol. The zero-order valence-corrected chi connectivity index (χ0v) is 10.7. The summed E-state index contributed by atoms with van der Waals surface area (Å²) in [6.07, 6.45) is 1.51. The second-order valence-electron chi connectivity index (χ2n) is 4.04. The quantitative estimate of drug-likeness (QED) is 0.554. The Bertz CT molecular complexity index is 169. The smallest absolute Gasteiger partial charge is 0.0674 e. The van der Waals surface area contributed by atoms with Crippen LogP contribution in [0.1, 0.15) is 20.3 Å². The van der Waals surface area contributed by atoms with Crippen LogP contribution >= 0.6 is 12.6 Å². The van der Waals surface area contributed by atoms with E-state index in [0.717, 1.165) is 45.1 Å². The fraction of sp³-hybridized carbons (Fsp3) is 1.00. The summed E-state index contributed by atoms with van der Waals surface area (Å²) in [7, 11) is 0. The van der Waals surface area contributed by atoms with Gasteiger partial charge in [-0.05, 0) is 13.3 Å². The summed E-state index contributed by atoms with van der Waals surface area (Å²) in [4.78, 5) is 2.48. The van der Waals surface area contributed by atoms with Gasteiger partial charge in [-0.1, -0.05) is 6.92 Å². The van der Waals surface area contributed by atoms with E-state index in [0.29, 0.717) is 12.1 Å². The third-order valence-electron chi connectivity index (χ3n) is 2.81. The SMILES string of the molecule is CCC1COC(C)CN1CCOCCS. The van der Waals surface area contributed by atoms with Gasteiger partial charge in [-0.25, -0.2) is 0 Å². The van der Waals surface area contributed by atoms with Crippen LogP contribution < -0.4 is 0 Å². The van der Waals surface area contributed by atoms with Gasteiger partial charge in [-0.15, -0.1) is 0 Å². The molecule has 2 atom stereocenters. The Hall–Kier alpha value is 0.230. The molecule has 0 N–H and O–H groups in total. The lowest BCUT2D eigenvalue weighted by atomic mass is 10.1. The number of rotatable bonds is 6. The van der Waals surface area contributed by atoms with E-state index in [1.165, 1.54) is 0 Å². The fourth-order valence-electron chi connectivity index (χ4n) is 1.91. The lowest BCUT2D eigenvalue weighted by Gasteiger charge is -2.38. The van der Waals surface area contributed by atoms with Crippen LogP contribution in [0.3, 0.4) is 0 Å². The van der Waals surface area contributed by atoms with Gasteiger partial charge < -0.3 is 9.47 Å². The summed E-state index contributed by atoms with van der Waals surface area (Å²) in [5.74, 6) is 0.802. The molecule has 1 aliphatic rings. The summed E-state index contributed by atoms with van der Waals surface area (Å²) in [6.45, 7) is 8.82. The van der Waals surface area contributed by atoms with E-state index in [1.807, 2.05) is 0 Å². The Balaban J connectivity index is 2.22. The van der Waals surface area contributed by atoms with Gasteiger partial charge in [-0.2, -0.15) is 12.6 Å². The largest absolute Gasteiger partial charge is 0.379 e. The Morgan fingerprint density at radius 3 is 2.93 bits per heavy atom. The van der Waals surface area contributed by atoms with E-state index in [2.05, 4.69) is 31.4 Å². The Labute approximate surface area is 98.5 Å². The van der Waals surface area contributed by atoms with Gasteiger partial charge >= 0.3 is 0 Å². The first-order valence-electron chi connectivity index (χ1n) is 5.82. The molecular weight excluding hydrogens is 210 g/mol. The van der Waals surface area contributed by atoms with Gasteiger partial charge in [0.2, 0.25) is 0 Å². The maximum absolute atomic E-state index is 5.64. The average molecular weight is 233 g/mol. The molecule has 0 amide bonds. The van der Waals surface area contributed by atoms with Crippen LogP contribution in [-0.2, 0) is 9.47 Å². The van der Waals surface area contributed by atoms with Crippen molar-refractivity contribution in [2.75, 3.05) is 38.7 Å². The first kappa shape index (κ1) is 13.3. The van der Waals surface area contributed by atoms with Gasteiger partial charge in [0.25, 0.3) is 0 Å². The van der Waals surface area contributed by atoms with E-state index < -0.39 is 0 Å². The summed E-state index contributed by atoms with van der Waals surface area (Å²) in [6, 6.07) is 0.570. The van der Waals surface area contributed by atoms with E-state index in [4.69, 9.17) is 9.47 Å². The third-order valence-corrected chi connectivity index (χ3v) is 2.99. The van der Waals surface area contributed by atoms with Gasteiger partial charge in [0.15, 0.2) is 0 Å². The lowest BCUT2D eigenvalue weighted by molar-refractivity contribution is -0.0626. The maximum atomic E-state index is 5.64. The van der Waals surface area contributed by atoms with Gasteiger partial charge in [0.05, 0.1) is 25.9 Å². The molecule has 1 rings (SSSR count). The normalized spacial score (nSPS) is 28.2. The molecule has 0 saturated carbocycles. The molecule has 90 valence electrons. The van der Waals surface area contributed by atoms with Crippen LogP contribution in [0.5, 0.6) is 0 Å². The molecule has 1 heterocycles. The molecule has 1 aliphatic heterocycles. The van der Waals surface area contributed by atoms with Crippen molar-refractivity contribution in [3.05, 3.63) is 0 Å². The number of ether oxygens (including phenoxy) is 2. The van der Waals surface area contributed by atoms with E-state index >= 15 is 0 Å². The summed E-state index contributed by atoms with van der Waals surface area (Å²) in [5, 5.41) is 0. The zero-order valence-electron chi connectivity index (χ0n) is 9.82. The number of morpholine rings is 1. The van der Waals surface area contributed by atoms with Crippen LogP contribution in [0.2, 0.25) is 0 Å². The second kappa shape index (κ2) is 7.49. The van der Waals surface area contributed by atoms with Crippen LogP contribution in [0.15, 0.2) is 0 Å². The first-order valence-corrected chi connectivity index (χ1v) is 6.45. The first-order chi connectivity index (χ1) is 7.27. The van der Waals surface area contributed by atoms with Crippen LogP contribution in [0.4, 0.5) is 0 Å². The average Bonchev–Trinajstić information content (AvgIpc) is 2.25. The molecule has 0 radical (unpaired) electrons. The number of hydrogen-bond donors (Lipinski definition) is 1. The number of nitrogens with zero attached hydrogens (tertiary/aromatic N) is 1. The molecule has 0 bridgehead atoms. The van der Waals surface area contributed by atoms with Gasteiger partial charge in [0, 0.05) is 24.9 Å². The molecule has 0 spiro atoms. The van der Waals surface area contributed by atoms with Crippen molar-refractivity contribution in [1.82, 2.24) is 4.90 Å². The van der Waals surface area contributed by atoms with Crippen molar-refractivity contribution in [2.24, 2.45) is 0 Å². The molecule has 15 heavy (non-hydrogen) atoms. The van der Waals surface area contributed by atoms with Crippen molar-refractivity contribution in [3.8, 4) is 0 Å². The molecule has 2 unspecified atom stereocenters. The van der Waals surface area contributed by atoms with Crippen LogP contribution in [-0.4, -0.2) is 55.7 Å². The molecule has 4 heteroatoms. The Morgan fingerprint density at radius 2 is 2.27 bits per heavy atom. The third kappa shape index (κ3) is 4.72. The van der Waals surface area contributed by atoms with Gasteiger partial charge in [-0.3, -0.25) is 4.90 Å². The summed E-state index contributed by atoms with van der Waals surface area (Å²) in [5.41, 5.74) is 0. The fourth-order valence-corrected chi connectivity index (χ4v) is 2.04. The molecule has 1 saturated heterocycles. The van der Waals surface area contributed by atoms with Crippen molar-refractivity contribution < 1.29 is 9.47 Å². The molecule has 1 fully saturated rings. The minimum Gasteiger partial charge on any atom is -0.379 e. The zero-order chi connectivity index (χ0) is 11.1. The summed E-state index contributed by atoms with van der Waals surface area (Å²) < 4.78 is 11.1. The summed E-state index contributed by atoms with van der Waals surface area (Å²) >= 11 is 4.11. The molecule has 0 aliphatic carbocycles. The monoisotopic (exact) mass is 233 g/mol. The van der Waals surface area contributed by atoms with Crippen LogP contribution in [0, 0.1) is 0 Å². The predicted octanol–water partition coefficient (Wildman–Crippen LogP) is 1.43. The van der Waals surface area contributed by atoms with E-state index in [1.54, 1.807) is 0 Å². The Kier molecular flexibility index (Phi) is 6.64. The van der Waals surface area contributed by atoms with Crippen molar-refractivity contribution in [3.63, 3.8) is 0 Å². The molecular formula is C11H23NO2S. The van der Waals surface area contributed by atoms with Crippen molar-refractivity contribution in [2.45, 2.75) is 32.4 Å². The second-order valence-corrected chi connectivity index (χ2v) is 4.48. The van der Waals surface area contributed by atoms with Gasteiger partial charge in [0.1, 0.15) is 0 Å². The maximum Gasteiger partial charge on any atom is 0.0674 e. The van der Waals surface area contributed by atoms with E-state index in [-0.39, 0.29) is 0 Å². The standard InChI is InChI=1S/C11H23NO2S/c1-3-11-9-14-10(2)8-12(11)4-5-13-6-7-15/h10-11,15H,3-9H2,1-2H3.